The summed E-state index contributed by atoms with van der Waals surface area (Å²) in [5.41, 5.74) is 5.67. The quantitative estimate of drug-likeness (QED) is 0.832. The van der Waals surface area contributed by atoms with Gasteiger partial charge in [0.15, 0.2) is 5.13 Å². The summed E-state index contributed by atoms with van der Waals surface area (Å²) in [4.78, 5) is 18.0. The summed E-state index contributed by atoms with van der Waals surface area (Å²) in [6.07, 6.45) is 4.00. The van der Waals surface area contributed by atoms with Crippen LogP contribution in [0.3, 0.4) is 0 Å². The van der Waals surface area contributed by atoms with Crippen LogP contribution in [-0.2, 0) is 4.79 Å². The average molecular weight is 254 g/mol. The maximum absolute atomic E-state index is 11.8. The molecule has 0 bridgehead atoms. The number of piperidine rings is 1. The van der Waals surface area contributed by atoms with Gasteiger partial charge in [0.25, 0.3) is 0 Å². The van der Waals surface area contributed by atoms with E-state index in [9.17, 15) is 4.79 Å². The number of amides is 1. The van der Waals surface area contributed by atoms with Gasteiger partial charge in [0.1, 0.15) is 0 Å². The molecule has 0 aliphatic carbocycles. The lowest BCUT2D eigenvalue weighted by Crippen LogP contribution is -2.42. The number of hydrogen-bond donors (Lipinski definition) is 2. The van der Waals surface area contributed by atoms with Crippen LogP contribution in [0.1, 0.15) is 12.8 Å². The molecule has 5 nitrogen and oxygen atoms in total. The van der Waals surface area contributed by atoms with Gasteiger partial charge in [-0.1, -0.05) is 0 Å². The van der Waals surface area contributed by atoms with Crippen LogP contribution in [0, 0.1) is 5.92 Å². The Morgan fingerprint density at radius 2 is 2.59 bits per heavy atom. The molecular weight excluding hydrogens is 236 g/mol. The van der Waals surface area contributed by atoms with Crippen LogP contribution < -0.4 is 11.1 Å². The van der Waals surface area contributed by atoms with Crippen LogP contribution in [0.2, 0.25) is 0 Å². The molecule has 0 spiro atoms. The van der Waals surface area contributed by atoms with Crippen molar-refractivity contribution in [1.82, 2.24) is 9.88 Å². The Morgan fingerprint density at radius 3 is 3.29 bits per heavy atom. The first-order valence-corrected chi connectivity index (χ1v) is 6.77. The Labute approximate surface area is 105 Å². The molecule has 94 valence electrons. The Morgan fingerprint density at radius 1 is 1.71 bits per heavy atom. The molecule has 1 aliphatic heterocycles. The number of anilines is 1. The zero-order chi connectivity index (χ0) is 12.1. The summed E-state index contributed by atoms with van der Waals surface area (Å²) in [6.45, 7) is 3.07. The van der Waals surface area contributed by atoms with Crippen molar-refractivity contribution in [3.8, 4) is 0 Å². The molecule has 1 saturated heterocycles. The van der Waals surface area contributed by atoms with Crippen LogP contribution in [-0.4, -0.2) is 42.0 Å². The SMILES string of the molecule is NC[C@H]1CCCN(CC(=O)Nc2nccs2)C1. The highest BCUT2D eigenvalue weighted by molar-refractivity contribution is 7.13. The van der Waals surface area contributed by atoms with Crippen molar-refractivity contribution in [3.63, 3.8) is 0 Å². The molecule has 0 unspecified atom stereocenters. The van der Waals surface area contributed by atoms with E-state index in [4.69, 9.17) is 5.73 Å². The van der Waals surface area contributed by atoms with Gasteiger partial charge in [-0.3, -0.25) is 9.69 Å². The molecule has 1 atom stereocenters. The van der Waals surface area contributed by atoms with Crippen molar-refractivity contribution < 1.29 is 4.79 Å². The van der Waals surface area contributed by atoms with E-state index >= 15 is 0 Å². The van der Waals surface area contributed by atoms with E-state index in [1.807, 2.05) is 5.38 Å². The van der Waals surface area contributed by atoms with E-state index in [1.165, 1.54) is 17.8 Å². The third-order valence-electron chi connectivity index (χ3n) is 2.98. The lowest BCUT2D eigenvalue weighted by atomic mass is 9.98. The minimum Gasteiger partial charge on any atom is -0.330 e. The van der Waals surface area contributed by atoms with Gasteiger partial charge in [0.05, 0.1) is 6.54 Å². The molecule has 0 aromatic carbocycles. The number of nitrogens with zero attached hydrogens (tertiary/aromatic N) is 2. The molecule has 0 saturated carbocycles. The van der Waals surface area contributed by atoms with Gasteiger partial charge >= 0.3 is 0 Å². The number of thiazole rings is 1. The van der Waals surface area contributed by atoms with Gasteiger partial charge < -0.3 is 11.1 Å². The molecule has 2 heterocycles. The summed E-state index contributed by atoms with van der Waals surface area (Å²) in [5, 5.41) is 5.31. The molecule has 1 amide bonds. The predicted molar refractivity (Wildman–Crippen MR) is 69.0 cm³/mol. The zero-order valence-corrected chi connectivity index (χ0v) is 10.6. The van der Waals surface area contributed by atoms with E-state index in [1.54, 1.807) is 6.20 Å². The molecule has 1 aliphatic rings. The number of carbonyl (C=O) groups is 1. The summed E-state index contributed by atoms with van der Waals surface area (Å²) < 4.78 is 0. The topological polar surface area (TPSA) is 71.2 Å². The van der Waals surface area contributed by atoms with E-state index in [0.717, 1.165) is 19.5 Å². The van der Waals surface area contributed by atoms with Gasteiger partial charge in [0, 0.05) is 18.1 Å². The van der Waals surface area contributed by atoms with Gasteiger partial charge in [-0.25, -0.2) is 4.98 Å². The number of nitrogens with one attached hydrogen (secondary N) is 1. The van der Waals surface area contributed by atoms with E-state index in [2.05, 4.69) is 15.2 Å². The highest BCUT2D eigenvalue weighted by Crippen LogP contribution is 2.15. The first-order chi connectivity index (χ1) is 8.28. The van der Waals surface area contributed by atoms with Gasteiger partial charge in [-0.05, 0) is 31.8 Å². The fraction of sp³-hybridized carbons (Fsp3) is 0.636. The third-order valence-corrected chi connectivity index (χ3v) is 3.67. The van der Waals surface area contributed by atoms with Crippen LogP contribution in [0.5, 0.6) is 0 Å². The predicted octanol–water partition coefficient (Wildman–Crippen LogP) is 0.752. The number of nitrogens with two attached hydrogens (primary N) is 1. The second-order valence-electron chi connectivity index (χ2n) is 4.36. The molecule has 17 heavy (non-hydrogen) atoms. The molecule has 2 rings (SSSR count). The number of hydrogen-bond acceptors (Lipinski definition) is 5. The normalized spacial score (nSPS) is 21.4. The van der Waals surface area contributed by atoms with Crippen molar-refractivity contribution in [2.75, 3.05) is 31.5 Å². The first kappa shape index (κ1) is 12.5. The van der Waals surface area contributed by atoms with Crippen molar-refractivity contribution in [1.29, 1.82) is 0 Å². The standard InChI is InChI=1S/C11H18N4OS/c12-6-9-2-1-4-15(7-9)8-10(16)14-11-13-3-5-17-11/h3,5,9H,1-2,4,6-8,12H2,(H,13,14,16)/t9-/m1/s1. The van der Waals surface area contributed by atoms with Crippen molar-refractivity contribution >= 4 is 22.4 Å². The van der Waals surface area contributed by atoms with Crippen molar-refractivity contribution in [2.24, 2.45) is 11.7 Å². The smallest absolute Gasteiger partial charge is 0.240 e. The van der Waals surface area contributed by atoms with E-state index < -0.39 is 0 Å². The first-order valence-electron chi connectivity index (χ1n) is 5.89. The van der Waals surface area contributed by atoms with Crippen molar-refractivity contribution in [2.45, 2.75) is 12.8 Å². The third kappa shape index (κ3) is 3.76. The molecule has 1 fully saturated rings. The Bertz CT molecular complexity index is 354. The fourth-order valence-electron chi connectivity index (χ4n) is 2.13. The molecule has 0 radical (unpaired) electrons. The van der Waals surface area contributed by atoms with Gasteiger partial charge in [-0.2, -0.15) is 0 Å². The highest BCUT2D eigenvalue weighted by atomic mass is 32.1. The fourth-order valence-corrected chi connectivity index (χ4v) is 2.68. The number of aromatic nitrogens is 1. The minimum absolute atomic E-state index is 0.0117. The Kier molecular flexibility index (Phi) is 4.47. The van der Waals surface area contributed by atoms with Crippen LogP contribution in [0.4, 0.5) is 5.13 Å². The Hall–Kier alpha value is -0.980. The maximum atomic E-state index is 11.8. The lowest BCUT2D eigenvalue weighted by Gasteiger charge is -2.31. The minimum atomic E-state index is 0.0117. The average Bonchev–Trinajstić information content (AvgIpc) is 2.82. The summed E-state index contributed by atoms with van der Waals surface area (Å²) in [7, 11) is 0. The van der Waals surface area contributed by atoms with Crippen LogP contribution in [0.25, 0.3) is 0 Å². The summed E-state index contributed by atoms with van der Waals surface area (Å²) >= 11 is 1.44. The molecule has 6 heteroatoms. The molecule has 3 N–H and O–H groups in total. The van der Waals surface area contributed by atoms with E-state index in [-0.39, 0.29) is 5.91 Å². The molecule has 1 aromatic heterocycles. The number of carbonyl (C=O) groups excluding carboxylic acids is 1. The highest BCUT2D eigenvalue weighted by Gasteiger charge is 2.20. The number of likely N-dealkylation sites (tertiary alicyclic amines) is 1. The summed E-state index contributed by atoms with van der Waals surface area (Å²) in [5.74, 6) is 0.550. The lowest BCUT2D eigenvalue weighted by molar-refractivity contribution is -0.117. The number of rotatable bonds is 4. The second kappa shape index (κ2) is 6.09. The second-order valence-corrected chi connectivity index (χ2v) is 5.26. The van der Waals surface area contributed by atoms with Crippen LogP contribution in [0.15, 0.2) is 11.6 Å². The zero-order valence-electron chi connectivity index (χ0n) is 9.76. The van der Waals surface area contributed by atoms with Gasteiger partial charge in [0.2, 0.25) is 5.91 Å². The largest absolute Gasteiger partial charge is 0.330 e. The molecule has 1 aromatic rings. The maximum Gasteiger partial charge on any atom is 0.240 e. The van der Waals surface area contributed by atoms with Gasteiger partial charge in [-0.15, -0.1) is 11.3 Å². The van der Waals surface area contributed by atoms with Crippen LogP contribution >= 0.6 is 11.3 Å². The van der Waals surface area contributed by atoms with Crippen molar-refractivity contribution in [3.05, 3.63) is 11.6 Å². The molecular formula is C11H18N4OS. The monoisotopic (exact) mass is 254 g/mol. The Balaban J connectivity index is 1.78. The van der Waals surface area contributed by atoms with E-state index in [0.29, 0.717) is 24.1 Å². The summed E-state index contributed by atoms with van der Waals surface area (Å²) in [6, 6.07) is 0.